The van der Waals surface area contributed by atoms with Gasteiger partial charge in [-0.05, 0) is 48.9 Å². The van der Waals surface area contributed by atoms with Gasteiger partial charge in [0.05, 0.1) is 13.2 Å². The zero-order valence-electron chi connectivity index (χ0n) is 18.4. The van der Waals surface area contributed by atoms with Crippen molar-refractivity contribution < 1.29 is 28.5 Å². The molecule has 0 bridgehead atoms. The van der Waals surface area contributed by atoms with E-state index in [4.69, 9.17) is 18.9 Å². The van der Waals surface area contributed by atoms with E-state index < -0.39 is 12.3 Å². The molecule has 2 rings (SSSR count). The van der Waals surface area contributed by atoms with E-state index in [9.17, 15) is 9.59 Å². The van der Waals surface area contributed by atoms with Crippen LogP contribution in [0.15, 0.2) is 24.3 Å². The summed E-state index contributed by atoms with van der Waals surface area (Å²) >= 11 is 0. The van der Waals surface area contributed by atoms with E-state index in [1.807, 2.05) is 45.9 Å². The van der Waals surface area contributed by atoms with Crippen LogP contribution in [0.3, 0.4) is 0 Å². The molecule has 0 radical (unpaired) electrons. The van der Waals surface area contributed by atoms with Crippen LogP contribution in [0.4, 0.5) is 9.59 Å². The zero-order valence-corrected chi connectivity index (χ0v) is 18.4. The van der Waals surface area contributed by atoms with Crippen molar-refractivity contribution in [3.63, 3.8) is 0 Å². The number of benzene rings is 2. The van der Waals surface area contributed by atoms with Crippen molar-refractivity contribution in [3.05, 3.63) is 35.4 Å². The lowest BCUT2D eigenvalue weighted by Gasteiger charge is -2.16. The van der Waals surface area contributed by atoms with Gasteiger partial charge in [-0.3, -0.25) is 0 Å². The SMILES string of the molecule is CCCCOC(=O)Oc1cc(CC)c(OC(=O)OCCCC)c2cc(CC)ccc12. The van der Waals surface area contributed by atoms with E-state index in [0.717, 1.165) is 43.2 Å². The number of carbonyl (C=O) groups is 2. The van der Waals surface area contributed by atoms with Crippen LogP contribution >= 0.6 is 0 Å². The number of ether oxygens (including phenoxy) is 4. The maximum Gasteiger partial charge on any atom is 0.513 e. The van der Waals surface area contributed by atoms with Crippen LogP contribution in [0.1, 0.15) is 64.5 Å². The molecular formula is C24H32O6. The van der Waals surface area contributed by atoms with Gasteiger partial charge in [0, 0.05) is 10.8 Å². The Bertz CT molecular complexity index is 858. The van der Waals surface area contributed by atoms with Gasteiger partial charge in [0.15, 0.2) is 0 Å². The van der Waals surface area contributed by atoms with Gasteiger partial charge in [0.2, 0.25) is 0 Å². The fraction of sp³-hybridized carbons (Fsp3) is 0.500. The summed E-state index contributed by atoms with van der Waals surface area (Å²) in [5.74, 6) is 0.828. The number of unbranched alkanes of at least 4 members (excludes halogenated alkanes) is 2. The Kier molecular flexibility index (Phi) is 9.45. The van der Waals surface area contributed by atoms with Crippen LogP contribution in [-0.4, -0.2) is 25.5 Å². The fourth-order valence-corrected chi connectivity index (χ4v) is 2.99. The number of aryl methyl sites for hydroxylation is 2. The Hall–Kier alpha value is -2.76. The Morgan fingerprint density at radius 2 is 1.40 bits per heavy atom. The predicted molar refractivity (Wildman–Crippen MR) is 116 cm³/mol. The van der Waals surface area contributed by atoms with E-state index in [2.05, 4.69) is 0 Å². The average molecular weight is 417 g/mol. The third-order valence-electron chi connectivity index (χ3n) is 4.79. The number of fused-ring (bicyclic) bond motifs is 1. The number of hydrogen-bond donors (Lipinski definition) is 0. The molecule has 6 nitrogen and oxygen atoms in total. The van der Waals surface area contributed by atoms with Crippen molar-refractivity contribution in [3.8, 4) is 11.5 Å². The van der Waals surface area contributed by atoms with Crippen LogP contribution in [-0.2, 0) is 22.3 Å². The first kappa shape index (κ1) is 23.5. The molecule has 30 heavy (non-hydrogen) atoms. The molecule has 0 amide bonds. The fourth-order valence-electron chi connectivity index (χ4n) is 2.99. The largest absolute Gasteiger partial charge is 0.513 e. The summed E-state index contributed by atoms with van der Waals surface area (Å²) in [6, 6.07) is 7.52. The van der Waals surface area contributed by atoms with Gasteiger partial charge in [-0.15, -0.1) is 0 Å². The Balaban J connectivity index is 2.40. The predicted octanol–water partition coefficient (Wildman–Crippen LogP) is 6.60. The van der Waals surface area contributed by atoms with Crippen molar-refractivity contribution in [1.29, 1.82) is 0 Å². The molecule has 0 aliphatic rings. The number of hydrogen-bond acceptors (Lipinski definition) is 6. The first-order chi connectivity index (χ1) is 14.5. The Labute approximate surface area is 178 Å². The Morgan fingerprint density at radius 1 is 0.767 bits per heavy atom. The second-order valence-corrected chi connectivity index (χ2v) is 7.06. The molecule has 0 aliphatic carbocycles. The molecule has 0 N–H and O–H groups in total. The summed E-state index contributed by atoms with van der Waals surface area (Å²) in [5, 5.41) is 1.38. The highest BCUT2D eigenvalue weighted by Gasteiger charge is 2.19. The molecule has 0 fully saturated rings. The van der Waals surface area contributed by atoms with Crippen molar-refractivity contribution in [1.82, 2.24) is 0 Å². The molecule has 0 aliphatic heterocycles. The molecular weight excluding hydrogens is 384 g/mol. The van der Waals surface area contributed by atoms with E-state index >= 15 is 0 Å². The van der Waals surface area contributed by atoms with Crippen LogP contribution in [0, 0.1) is 0 Å². The molecule has 0 aromatic heterocycles. The summed E-state index contributed by atoms with van der Waals surface area (Å²) in [4.78, 5) is 24.3. The van der Waals surface area contributed by atoms with Crippen LogP contribution in [0.2, 0.25) is 0 Å². The summed E-state index contributed by atoms with van der Waals surface area (Å²) in [5.41, 5.74) is 1.83. The molecule has 164 valence electrons. The van der Waals surface area contributed by atoms with E-state index in [1.165, 1.54) is 0 Å². The standard InChI is InChI=1S/C24H32O6/c1-5-9-13-27-23(25)29-21-16-18(8-4)22(30-24(26)28-14-10-6-2)20-15-17(7-3)11-12-19(20)21/h11-12,15-16H,5-10,13-14H2,1-4H3. The quantitative estimate of drug-likeness (QED) is 0.247. The van der Waals surface area contributed by atoms with Crippen LogP contribution in [0.25, 0.3) is 10.8 Å². The van der Waals surface area contributed by atoms with Crippen molar-refractivity contribution in [2.24, 2.45) is 0 Å². The summed E-state index contributed by atoms with van der Waals surface area (Å²) in [6.07, 6.45) is 3.36. The van der Waals surface area contributed by atoms with Crippen molar-refractivity contribution >= 4 is 23.1 Å². The van der Waals surface area contributed by atoms with Gasteiger partial charge in [0.25, 0.3) is 0 Å². The summed E-state index contributed by atoms with van der Waals surface area (Å²) in [7, 11) is 0. The highest BCUT2D eigenvalue weighted by molar-refractivity contribution is 5.97. The maximum atomic E-state index is 12.2. The van der Waals surface area contributed by atoms with Gasteiger partial charge >= 0.3 is 12.3 Å². The van der Waals surface area contributed by atoms with Gasteiger partial charge in [-0.2, -0.15) is 0 Å². The van der Waals surface area contributed by atoms with Crippen LogP contribution in [0.5, 0.6) is 11.5 Å². The lowest BCUT2D eigenvalue weighted by molar-refractivity contribution is 0.0960. The lowest BCUT2D eigenvalue weighted by Crippen LogP contribution is -2.14. The minimum Gasteiger partial charge on any atom is -0.434 e. The smallest absolute Gasteiger partial charge is 0.434 e. The molecule has 2 aromatic carbocycles. The summed E-state index contributed by atoms with van der Waals surface area (Å²) in [6.45, 7) is 8.68. The van der Waals surface area contributed by atoms with Crippen molar-refractivity contribution in [2.75, 3.05) is 13.2 Å². The second-order valence-electron chi connectivity index (χ2n) is 7.06. The topological polar surface area (TPSA) is 71.1 Å². The highest BCUT2D eigenvalue weighted by Crippen LogP contribution is 2.38. The highest BCUT2D eigenvalue weighted by atomic mass is 16.7. The van der Waals surface area contributed by atoms with Gasteiger partial charge in [-0.1, -0.05) is 52.7 Å². The number of carbonyl (C=O) groups excluding carboxylic acids is 2. The monoisotopic (exact) mass is 416 g/mol. The second kappa shape index (κ2) is 12.1. The van der Waals surface area contributed by atoms with E-state index in [1.54, 1.807) is 6.07 Å². The maximum absolute atomic E-state index is 12.2. The zero-order chi connectivity index (χ0) is 21.9. The number of rotatable bonds is 10. The molecule has 0 saturated carbocycles. The minimum atomic E-state index is -0.737. The van der Waals surface area contributed by atoms with Gasteiger partial charge in [-0.25, -0.2) is 9.59 Å². The Morgan fingerprint density at radius 3 is 1.97 bits per heavy atom. The molecule has 0 unspecified atom stereocenters. The molecule has 0 atom stereocenters. The normalized spacial score (nSPS) is 10.7. The lowest BCUT2D eigenvalue weighted by atomic mass is 9.99. The van der Waals surface area contributed by atoms with Gasteiger partial charge in [0.1, 0.15) is 11.5 Å². The third kappa shape index (κ3) is 6.37. The van der Waals surface area contributed by atoms with E-state index in [-0.39, 0.29) is 0 Å². The first-order valence-corrected chi connectivity index (χ1v) is 10.8. The first-order valence-electron chi connectivity index (χ1n) is 10.8. The molecule has 6 heteroatoms. The van der Waals surface area contributed by atoms with Crippen LogP contribution < -0.4 is 9.47 Å². The third-order valence-corrected chi connectivity index (χ3v) is 4.79. The van der Waals surface area contributed by atoms with Gasteiger partial charge < -0.3 is 18.9 Å². The molecule has 0 spiro atoms. The summed E-state index contributed by atoms with van der Waals surface area (Å²) < 4.78 is 21.4. The average Bonchev–Trinajstić information content (AvgIpc) is 2.75. The molecule has 0 heterocycles. The van der Waals surface area contributed by atoms with E-state index in [0.29, 0.717) is 41.9 Å². The minimum absolute atomic E-state index is 0.318. The van der Waals surface area contributed by atoms with Crippen molar-refractivity contribution in [2.45, 2.75) is 66.2 Å². The molecule has 2 aromatic rings. The molecule has 0 saturated heterocycles.